The van der Waals surface area contributed by atoms with E-state index in [1.54, 1.807) is 12.1 Å². The van der Waals surface area contributed by atoms with Crippen LogP contribution < -0.4 is 5.32 Å². The SMILES string of the molecule is FC(F)(F)c1ccc(C2CC3(CNC3)C2)cn1.ON1CC2(CCC(Cc3ccc(F)cn3)CC2)C1. The van der Waals surface area contributed by atoms with Crippen LogP contribution in [0.4, 0.5) is 17.6 Å². The number of rotatable bonds is 3. The van der Waals surface area contributed by atoms with Crippen LogP contribution in [0.3, 0.4) is 0 Å². The quantitative estimate of drug-likeness (QED) is 0.576. The number of halogens is 4. The molecule has 2 spiro atoms. The molecule has 4 aliphatic rings. The van der Waals surface area contributed by atoms with Gasteiger partial charge in [-0.25, -0.2) is 4.39 Å². The third-order valence-electron chi connectivity index (χ3n) is 8.40. The molecule has 2 aromatic rings. The van der Waals surface area contributed by atoms with Gasteiger partial charge in [-0.3, -0.25) is 9.97 Å². The first-order chi connectivity index (χ1) is 16.6. The van der Waals surface area contributed by atoms with Gasteiger partial charge in [-0.15, -0.1) is 0 Å². The number of nitrogens with one attached hydrogen (secondary N) is 1. The summed E-state index contributed by atoms with van der Waals surface area (Å²) in [6.07, 6.45) is 6.27. The monoisotopic (exact) mass is 492 g/mol. The highest BCUT2D eigenvalue weighted by atomic mass is 19.4. The van der Waals surface area contributed by atoms with E-state index in [1.807, 2.05) is 0 Å². The highest BCUT2D eigenvalue weighted by Crippen LogP contribution is 2.53. The highest BCUT2D eigenvalue weighted by molar-refractivity contribution is 5.25. The van der Waals surface area contributed by atoms with Gasteiger partial charge in [0.15, 0.2) is 0 Å². The van der Waals surface area contributed by atoms with Crippen molar-refractivity contribution in [2.24, 2.45) is 16.7 Å². The third kappa shape index (κ3) is 5.52. The maximum atomic E-state index is 12.8. The lowest BCUT2D eigenvalue weighted by atomic mass is 9.57. The van der Waals surface area contributed by atoms with Crippen LogP contribution in [0, 0.1) is 22.6 Å². The minimum atomic E-state index is -4.34. The second-order valence-electron chi connectivity index (χ2n) is 11.1. The molecule has 2 N–H and O–H groups in total. The summed E-state index contributed by atoms with van der Waals surface area (Å²) < 4.78 is 49.8. The van der Waals surface area contributed by atoms with Gasteiger partial charge in [-0.05, 0) is 86.0 Å². The smallest absolute Gasteiger partial charge is 0.316 e. The van der Waals surface area contributed by atoms with Crippen LogP contribution in [0.1, 0.15) is 61.4 Å². The fourth-order valence-electron chi connectivity index (χ4n) is 6.16. The fraction of sp³-hybridized carbons (Fsp3) is 0.615. The average molecular weight is 493 g/mol. The molecule has 2 aromatic heterocycles. The number of alkyl halides is 3. The van der Waals surface area contributed by atoms with Gasteiger partial charge < -0.3 is 10.5 Å². The van der Waals surface area contributed by atoms with Crippen LogP contribution in [-0.4, -0.2) is 46.4 Å². The van der Waals surface area contributed by atoms with Crippen molar-refractivity contribution in [3.05, 3.63) is 59.4 Å². The van der Waals surface area contributed by atoms with Crippen molar-refractivity contribution in [2.45, 2.75) is 57.0 Å². The Morgan fingerprint density at radius 3 is 2.17 bits per heavy atom. The zero-order chi connectivity index (χ0) is 24.7. The molecule has 35 heavy (non-hydrogen) atoms. The summed E-state index contributed by atoms with van der Waals surface area (Å²) in [5.41, 5.74) is 1.96. The first-order valence-corrected chi connectivity index (χ1v) is 12.4. The normalized spacial score (nSPS) is 23.7. The molecule has 0 unspecified atom stereocenters. The summed E-state index contributed by atoms with van der Waals surface area (Å²) >= 11 is 0. The van der Waals surface area contributed by atoms with Gasteiger partial charge >= 0.3 is 6.18 Å². The van der Waals surface area contributed by atoms with Crippen molar-refractivity contribution in [3.63, 3.8) is 0 Å². The summed E-state index contributed by atoms with van der Waals surface area (Å²) in [4.78, 5) is 7.64. The van der Waals surface area contributed by atoms with E-state index in [4.69, 9.17) is 0 Å². The molecule has 0 radical (unpaired) electrons. The first kappa shape index (κ1) is 24.6. The van der Waals surface area contributed by atoms with Crippen molar-refractivity contribution >= 4 is 0 Å². The predicted molar refractivity (Wildman–Crippen MR) is 122 cm³/mol. The standard InChI is InChI=1S/C14H19FN2O.C12H13F3N2/c15-12-1-2-13(16-8-12)7-11-3-5-14(6-4-11)9-17(18)10-14;13-12(14,15)10-2-1-8(5-17-10)9-3-11(4-9)6-16-7-11/h1-2,8,11,18H,3-7,9-10H2;1-2,5,9,16H,3-4,6-7H2. The molecule has 6 rings (SSSR count). The largest absolute Gasteiger partial charge is 0.433 e. The second-order valence-corrected chi connectivity index (χ2v) is 11.1. The van der Waals surface area contributed by atoms with Crippen molar-refractivity contribution in [2.75, 3.05) is 26.2 Å². The highest BCUT2D eigenvalue weighted by Gasteiger charge is 2.49. The molecular formula is C26H32F4N4O. The minimum absolute atomic E-state index is 0.265. The summed E-state index contributed by atoms with van der Waals surface area (Å²) in [6.45, 7) is 3.79. The van der Waals surface area contributed by atoms with E-state index in [-0.39, 0.29) is 5.82 Å². The summed E-state index contributed by atoms with van der Waals surface area (Å²) in [6, 6.07) is 5.93. The van der Waals surface area contributed by atoms with Gasteiger partial charge in [0, 0.05) is 43.5 Å². The molecule has 4 fully saturated rings. The fourth-order valence-corrected chi connectivity index (χ4v) is 6.16. The predicted octanol–water partition coefficient (Wildman–Crippen LogP) is 5.21. The molecule has 0 amide bonds. The van der Waals surface area contributed by atoms with E-state index in [0.29, 0.717) is 22.7 Å². The summed E-state index contributed by atoms with van der Waals surface area (Å²) in [5, 5.41) is 13.9. The number of hydroxylamine groups is 2. The molecule has 2 saturated carbocycles. The topological polar surface area (TPSA) is 61.3 Å². The Hall–Kier alpha value is -2.10. The lowest BCUT2D eigenvalue weighted by Crippen LogP contribution is -2.59. The number of aromatic nitrogens is 2. The zero-order valence-electron chi connectivity index (χ0n) is 19.7. The molecular weight excluding hydrogens is 460 g/mol. The molecule has 0 aromatic carbocycles. The lowest BCUT2D eigenvalue weighted by Gasteiger charge is -2.54. The van der Waals surface area contributed by atoms with Crippen LogP contribution >= 0.6 is 0 Å². The molecule has 2 aliphatic carbocycles. The first-order valence-electron chi connectivity index (χ1n) is 12.4. The van der Waals surface area contributed by atoms with E-state index in [0.717, 1.165) is 62.8 Å². The van der Waals surface area contributed by atoms with Crippen LogP contribution in [0.2, 0.25) is 0 Å². The van der Waals surface area contributed by atoms with Crippen LogP contribution in [0.25, 0.3) is 0 Å². The zero-order valence-corrected chi connectivity index (χ0v) is 19.7. The number of hydrogen-bond acceptors (Lipinski definition) is 5. The Morgan fingerprint density at radius 2 is 1.69 bits per heavy atom. The van der Waals surface area contributed by atoms with Gasteiger partial charge in [0.1, 0.15) is 11.5 Å². The number of pyridine rings is 2. The van der Waals surface area contributed by atoms with E-state index < -0.39 is 11.9 Å². The van der Waals surface area contributed by atoms with Crippen LogP contribution in [-0.2, 0) is 12.6 Å². The van der Waals surface area contributed by atoms with Gasteiger partial charge in [-0.2, -0.15) is 18.2 Å². The third-order valence-corrected chi connectivity index (χ3v) is 8.40. The minimum Gasteiger partial charge on any atom is -0.316 e. The van der Waals surface area contributed by atoms with Crippen molar-refractivity contribution in [1.29, 1.82) is 0 Å². The molecule has 9 heteroatoms. The van der Waals surface area contributed by atoms with E-state index in [1.165, 1.54) is 49.2 Å². The van der Waals surface area contributed by atoms with E-state index in [9.17, 15) is 22.8 Å². The summed E-state index contributed by atoms with van der Waals surface area (Å²) in [7, 11) is 0. The maximum absolute atomic E-state index is 12.8. The maximum Gasteiger partial charge on any atom is 0.433 e. The average Bonchev–Trinajstić information content (AvgIpc) is 2.74. The molecule has 5 nitrogen and oxygen atoms in total. The Labute approximate surface area is 202 Å². The van der Waals surface area contributed by atoms with Crippen LogP contribution in [0.5, 0.6) is 0 Å². The molecule has 2 aliphatic heterocycles. The Bertz CT molecular complexity index is 984. The van der Waals surface area contributed by atoms with Crippen LogP contribution in [0.15, 0.2) is 36.7 Å². The molecule has 0 bridgehead atoms. The van der Waals surface area contributed by atoms with Crippen molar-refractivity contribution in [3.8, 4) is 0 Å². The van der Waals surface area contributed by atoms with Gasteiger partial charge in [0.25, 0.3) is 0 Å². The Balaban J connectivity index is 0.000000145. The molecule has 0 atom stereocenters. The van der Waals surface area contributed by atoms with Gasteiger partial charge in [0.2, 0.25) is 0 Å². The molecule has 2 saturated heterocycles. The Kier molecular flexibility index (Phi) is 6.61. The van der Waals surface area contributed by atoms with Crippen molar-refractivity contribution in [1.82, 2.24) is 20.3 Å². The molecule has 190 valence electrons. The second kappa shape index (κ2) is 9.41. The summed E-state index contributed by atoms with van der Waals surface area (Å²) in [5.74, 6) is 0.798. The van der Waals surface area contributed by atoms with Gasteiger partial charge in [-0.1, -0.05) is 6.07 Å². The number of nitrogens with zero attached hydrogens (tertiary/aromatic N) is 3. The van der Waals surface area contributed by atoms with Gasteiger partial charge in [0.05, 0.1) is 6.20 Å². The number of hydrogen-bond donors (Lipinski definition) is 2. The van der Waals surface area contributed by atoms with Crippen molar-refractivity contribution < 1.29 is 22.8 Å². The van der Waals surface area contributed by atoms with E-state index in [2.05, 4.69) is 15.3 Å². The van der Waals surface area contributed by atoms with E-state index >= 15 is 0 Å². The lowest BCUT2D eigenvalue weighted by molar-refractivity contribution is -0.218. The molecule has 4 heterocycles. The Morgan fingerprint density at radius 1 is 0.971 bits per heavy atom.